The molecule has 9 nitrogen and oxygen atoms in total. The maximum absolute atomic E-state index is 12.3. The van der Waals surface area contributed by atoms with Crippen LogP contribution >= 0.6 is 11.7 Å². The van der Waals surface area contributed by atoms with Gasteiger partial charge in [0.1, 0.15) is 16.8 Å². The molecule has 2 aromatic heterocycles. The second kappa shape index (κ2) is 11.0. The van der Waals surface area contributed by atoms with E-state index in [2.05, 4.69) is 13.8 Å². The van der Waals surface area contributed by atoms with E-state index < -0.39 is 6.16 Å². The van der Waals surface area contributed by atoms with Crippen molar-refractivity contribution in [2.24, 2.45) is 0 Å². The largest absolute Gasteiger partial charge is 0.515 e. The average molecular weight is 483 g/mol. The van der Waals surface area contributed by atoms with E-state index in [1.54, 1.807) is 18.7 Å². The van der Waals surface area contributed by atoms with E-state index in [0.29, 0.717) is 31.0 Å². The van der Waals surface area contributed by atoms with Crippen LogP contribution in [0.1, 0.15) is 37.0 Å². The Balaban J connectivity index is 1.75. The topological polar surface area (TPSA) is 97.6 Å². The lowest BCUT2D eigenvalue weighted by molar-refractivity contribution is 0.100. The maximum atomic E-state index is 12.3. The highest BCUT2D eigenvalue weighted by Crippen LogP contribution is 2.33. The van der Waals surface area contributed by atoms with E-state index in [9.17, 15) is 4.79 Å². The molecular formula is C24H26N4O5S. The first kappa shape index (κ1) is 23.5. The lowest BCUT2D eigenvalue weighted by atomic mass is 10.1. The molecule has 34 heavy (non-hydrogen) atoms. The van der Waals surface area contributed by atoms with E-state index in [1.807, 2.05) is 49.4 Å². The zero-order chi connectivity index (χ0) is 23.9. The molecule has 2 aromatic carbocycles. The molecule has 0 fully saturated rings. The van der Waals surface area contributed by atoms with Crippen LogP contribution in [0.15, 0.2) is 42.5 Å². The van der Waals surface area contributed by atoms with Gasteiger partial charge in [0.2, 0.25) is 11.8 Å². The van der Waals surface area contributed by atoms with Crippen LogP contribution in [-0.2, 0) is 17.7 Å². The van der Waals surface area contributed by atoms with Crippen LogP contribution < -0.4 is 14.2 Å². The summed E-state index contributed by atoms with van der Waals surface area (Å²) in [6, 6.07) is 13.5. The number of nitrogens with zero attached hydrogens (tertiary/aromatic N) is 4. The van der Waals surface area contributed by atoms with Crippen LogP contribution in [0.3, 0.4) is 0 Å². The van der Waals surface area contributed by atoms with E-state index in [-0.39, 0.29) is 12.5 Å². The van der Waals surface area contributed by atoms with Gasteiger partial charge in [-0.15, -0.1) is 5.10 Å². The van der Waals surface area contributed by atoms with Crippen molar-refractivity contribution >= 4 is 28.9 Å². The highest BCUT2D eigenvalue weighted by atomic mass is 32.1. The molecule has 0 aliphatic carbocycles. The molecule has 178 valence electrons. The maximum Gasteiger partial charge on any atom is 0.515 e. The van der Waals surface area contributed by atoms with Gasteiger partial charge in [0.25, 0.3) is 0 Å². The summed E-state index contributed by atoms with van der Waals surface area (Å²) in [5.74, 6) is 1.43. The van der Waals surface area contributed by atoms with Gasteiger partial charge in [0.05, 0.1) is 44.2 Å². The fourth-order valence-corrected chi connectivity index (χ4v) is 3.98. The number of carbonyl (C=O) groups is 1. The number of hydrogen-bond donors (Lipinski definition) is 0. The minimum absolute atomic E-state index is 0.199. The van der Waals surface area contributed by atoms with Crippen molar-refractivity contribution in [2.75, 3.05) is 20.3 Å². The number of rotatable bonds is 10. The number of benzene rings is 2. The third kappa shape index (κ3) is 5.45. The first-order valence-corrected chi connectivity index (χ1v) is 11.8. The second-order valence-electron chi connectivity index (χ2n) is 7.50. The first-order valence-electron chi connectivity index (χ1n) is 11.0. The van der Waals surface area contributed by atoms with Crippen molar-refractivity contribution in [2.45, 2.75) is 33.2 Å². The quantitative estimate of drug-likeness (QED) is 0.296. The molecule has 2 heterocycles. The lowest BCUT2D eigenvalue weighted by Gasteiger charge is -2.11. The molecule has 10 heteroatoms. The number of carbonyl (C=O) groups excluding carboxylic acids is 1. The second-order valence-corrected chi connectivity index (χ2v) is 8.02. The van der Waals surface area contributed by atoms with Crippen LogP contribution in [0.2, 0.25) is 0 Å². The van der Waals surface area contributed by atoms with Crippen LogP contribution in [0.4, 0.5) is 4.79 Å². The number of ether oxygens (including phenoxy) is 4. The Morgan fingerprint density at radius 2 is 1.91 bits per heavy atom. The predicted octanol–water partition coefficient (Wildman–Crippen LogP) is 4.86. The number of aromatic nitrogens is 4. The molecule has 0 N–H and O–H groups in total. The smallest absolute Gasteiger partial charge is 0.497 e. The van der Waals surface area contributed by atoms with Gasteiger partial charge in [-0.2, -0.15) is 8.75 Å². The molecule has 0 saturated heterocycles. The van der Waals surface area contributed by atoms with Crippen LogP contribution in [-0.4, -0.2) is 45.0 Å². The molecule has 0 radical (unpaired) electrons. The van der Waals surface area contributed by atoms with Crippen molar-refractivity contribution in [3.8, 4) is 17.5 Å². The lowest BCUT2D eigenvalue weighted by Crippen LogP contribution is -2.15. The highest BCUT2D eigenvalue weighted by molar-refractivity contribution is 7.00. The normalized spacial score (nSPS) is 10.9. The SMILES string of the molecule is CCCOc1nn(Cc2cccc(OC)c2)c(OC(=O)OCC)c1Cc1ccc2nsnc2c1. The van der Waals surface area contributed by atoms with E-state index in [1.165, 1.54) is 11.7 Å². The number of methoxy groups -OCH3 is 1. The van der Waals surface area contributed by atoms with Gasteiger partial charge >= 0.3 is 6.16 Å². The molecule has 0 saturated carbocycles. The molecule has 4 rings (SSSR count). The molecule has 4 aromatic rings. The monoisotopic (exact) mass is 482 g/mol. The Labute approximate surface area is 201 Å². The standard InChI is InChI=1S/C24H26N4O5S/c1-4-11-32-22-19(13-16-9-10-20-21(14-16)27-34-26-20)23(33-24(29)31-5-2)28(25-22)15-17-7-6-8-18(12-17)30-3/h6-10,12,14H,4-5,11,13,15H2,1-3H3. The minimum atomic E-state index is -0.795. The van der Waals surface area contributed by atoms with Crippen LogP contribution in [0.5, 0.6) is 17.5 Å². The van der Waals surface area contributed by atoms with Crippen molar-refractivity contribution in [1.82, 2.24) is 18.5 Å². The van der Waals surface area contributed by atoms with Gasteiger partial charge in [-0.05, 0) is 48.7 Å². The fraction of sp³-hybridized carbons (Fsp3) is 0.333. The third-order valence-corrected chi connectivity index (χ3v) is 5.57. The molecule has 0 atom stereocenters. The summed E-state index contributed by atoms with van der Waals surface area (Å²) >= 11 is 1.17. The van der Waals surface area contributed by atoms with E-state index >= 15 is 0 Å². The Morgan fingerprint density at radius 3 is 2.71 bits per heavy atom. The molecule has 0 aliphatic heterocycles. The van der Waals surface area contributed by atoms with Gasteiger partial charge in [-0.25, -0.2) is 9.48 Å². The summed E-state index contributed by atoms with van der Waals surface area (Å²) in [5, 5.41) is 4.66. The summed E-state index contributed by atoms with van der Waals surface area (Å²) in [7, 11) is 1.62. The summed E-state index contributed by atoms with van der Waals surface area (Å²) in [6.07, 6.45) is 0.447. The minimum Gasteiger partial charge on any atom is -0.497 e. The summed E-state index contributed by atoms with van der Waals surface area (Å²) in [6.45, 7) is 4.78. The highest BCUT2D eigenvalue weighted by Gasteiger charge is 2.24. The van der Waals surface area contributed by atoms with Crippen molar-refractivity contribution in [3.63, 3.8) is 0 Å². The third-order valence-electron chi connectivity index (χ3n) is 5.01. The van der Waals surface area contributed by atoms with Crippen LogP contribution in [0, 0.1) is 0 Å². The van der Waals surface area contributed by atoms with Gasteiger partial charge in [-0.3, -0.25) is 0 Å². The van der Waals surface area contributed by atoms with E-state index in [0.717, 1.165) is 34.3 Å². The average Bonchev–Trinajstić information content (AvgIpc) is 3.43. The van der Waals surface area contributed by atoms with Gasteiger partial charge < -0.3 is 18.9 Å². The molecular weight excluding hydrogens is 456 g/mol. The number of hydrogen-bond acceptors (Lipinski definition) is 9. The molecule has 0 bridgehead atoms. The van der Waals surface area contributed by atoms with Crippen molar-refractivity contribution < 1.29 is 23.7 Å². The Hall–Kier alpha value is -3.66. The molecule has 0 aliphatic rings. The predicted molar refractivity (Wildman–Crippen MR) is 128 cm³/mol. The van der Waals surface area contributed by atoms with Gasteiger partial charge in [-0.1, -0.05) is 25.1 Å². The van der Waals surface area contributed by atoms with E-state index in [4.69, 9.17) is 18.9 Å². The van der Waals surface area contributed by atoms with Crippen molar-refractivity contribution in [1.29, 1.82) is 0 Å². The van der Waals surface area contributed by atoms with Crippen LogP contribution in [0.25, 0.3) is 11.0 Å². The fourth-order valence-electron chi connectivity index (χ4n) is 3.46. The zero-order valence-electron chi connectivity index (χ0n) is 19.3. The molecule has 0 unspecified atom stereocenters. The van der Waals surface area contributed by atoms with Gasteiger partial charge in [0, 0.05) is 6.42 Å². The first-order chi connectivity index (χ1) is 16.6. The Morgan fingerprint density at radius 1 is 1.06 bits per heavy atom. The van der Waals surface area contributed by atoms with Crippen molar-refractivity contribution in [3.05, 3.63) is 59.2 Å². The molecule has 0 spiro atoms. The molecule has 0 amide bonds. The Kier molecular flexibility index (Phi) is 7.58. The summed E-state index contributed by atoms with van der Waals surface area (Å²) in [4.78, 5) is 12.3. The summed E-state index contributed by atoms with van der Waals surface area (Å²) in [5.41, 5.74) is 4.21. The number of fused-ring (bicyclic) bond motifs is 1. The summed E-state index contributed by atoms with van der Waals surface area (Å²) < 4.78 is 32.2. The Bertz CT molecular complexity index is 1270. The zero-order valence-corrected chi connectivity index (χ0v) is 20.1. The van der Waals surface area contributed by atoms with Gasteiger partial charge in [0.15, 0.2) is 0 Å².